The third kappa shape index (κ3) is 3.10. The minimum atomic E-state index is -0.00136. The first kappa shape index (κ1) is 16.4. The molecule has 0 spiro atoms. The smallest absolute Gasteiger partial charge is 0.272 e. The van der Waals surface area contributed by atoms with Gasteiger partial charge in [0, 0.05) is 49.1 Å². The SMILES string of the molecule is Cc1cnc(-c2ccncc2)n1C1CCCN(C(=O)c2ccccn2)C1. The van der Waals surface area contributed by atoms with Crippen LogP contribution in [-0.2, 0) is 0 Å². The molecule has 1 saturated heterocycles. The average Bonchev–Trinajstić information content (AvgIpc) is 3.10. The van der Waals surface area contributed by atoms with Crippen molar-refractivity contribution >= 4 is 5.91 Å². The summed E-state index contributed by atoms with van der Waals surface area (Å²) in [6, 6.07) is 9.60. The summed E-state index contributed by atoms with van der Waals surface area (Å²) < 4.78 is 2.26. The number of aryl methyl sites for hydroxylation is 1. The number of amides is 1. The highest BCUT2D eigenvalue weighted by atomic mass is 16.2. The van der Waals surface area contributed by atoms with E-state index in [0.717, 1.165) is 36.5 Å². The maximum atomic E-state index is 12.8. The lowest BCUT2D eigenvalue weighted by Crippen LogP contribution is -2.41. The molecule has 0 bridgehead atoms. The van der Waals surface area contributed by atoms with Gasteiger partial charge in [-0.2, -0.15) is 0 Å². The summed E-state index contributed by atoms with van der Waals surface area (Å²) in [6.07, 6.45) is 9.12. The molecule has 0 saturated carbocycles. The van der Waals surface area contributed by atoms with Gasteiger partial charge < -0.3 is 9.47 Å². The van der Waals surface area contributed by atoms with Gasteiger partial charge in [0.2, 0.25) is 0 Å². The predicted octanol–water partition coefficient (Wildman–Crippen LogP) is 3.13. The molecule has 0 N–H and O–H groups in total. The van der Waals surface area contributed by atoms with Crippen LogP contribution in [0.3, 0.4) is 0 Å². The monoisotopic (exact) mass is 347 g/mol. The van der Waals surface area contributed by atoms with Crippen molar-refractivity contribution in [3.05, 3.63) is 66.5 Å². The highest BCUT2D eigenvalue weighted by molar-refractivity contribution is 5.92. The van der Waals surface area contributed by atoms with Gasteiger partial charge in [-0.1, -0.05) is 6.07 Å². The summed E-state index contributed by atoms with van der Waals surface area (Å²) in [7, 11) is 0. The lowest BCUT2D eigenvalue weighted by Gasteiger charge is -2.34. The molecular formula is C20H21N5O. The zero-order valence-electron chi connectivity index (χ0n) is 14.7. The zero-order valence-corrected chi connectivity index (χ0v) is 14.7. The molecule has 132 valence electrons. The van der Waals surface area contributed by atoms with Crippen LogP contribution >= 0.6 is 0 Å². The second-order valence-electron chi connectivity index (χ2n) is 6.59. The maximum Gasteiger partial charge on any atom is 0.272 e. The van der Waals surface area contributed by atoms with Crippen molar-refractivity contribution in [2.75, 3.05) is 13.1 Å². The van der Waals surface area contributed by atoms with E-state index in [1.165, 1.54) is 0 Å². The van der Waals surface area contributed by atoms with Crippen LogP contribution in [0, 0.1) is 6.92 Å². The fourth-order valence-electron chi connectivity index (χ4n) is 3.62. The Kier molecular flexibility index (Phi) is 4.48. The number of imidazole rings is 1. The summed E-state index contributed by atoms with van der Waals surface area (Å²) in [4.78, 5) is 27.6. The van der Waals surface area contributed by atoms with Crippen molar-refractivity contribution in [3.8, 4) is 11.4 Å². The summed E-state index contributed by atoms with van der Waals surface area (Å²) in [5.74, 6) is 0.931. The number of hydrogen-bond donors (Lipinski definition) is 0. The lowest BCUT2D eigenvalue weighted by molar-refractivity contribution is 0.0673. The Morgan fingerprint density at radius 1 is 1.12 bits per heavy atom. The minimum Gasteiger partial charge on any atom is -0.335 e. The molecule has 6 nitrogen and oxygen atoms in total. The van der Waals surface area contributed by atoms with E-state index >= 15 is 0 Å². The molecule has 1 atom stereocenters. The van der Waals surface area contributed by atoms with E-state index < -0.39 is 0 Å². The Morgan fingerprint density at radius 2 is 1.96 bits per heavy atom. The second kappa shape index (κ2) is 7.07. The van der Waals surface area contributed by atoms with E-state index in [-0.39, 0.29) is 11.9 Å². The summed E-state index contributed by atoms with van der Waals surface area (Å²) >= 11 is 0. The number of hydrogen-bond acceptors (Lipinski definition) is 4. The molecule has 3 aromatic rings. The highest BCUT2D eigenvalue weighted by Crippen LogP contribution is 2.29. The quantitative estimate of drug-likeness (QED) is 0.730. The van der Waals surface area contributed by atoms with Gasteiger partial charge in [-0.05, 0) is 44.0 Å². The summed E-state index contributed by atoms with van der Waals surface area (Å²) in [5, 5.41) is 0. The Hall–Kier alpha value is -3.02. The van der Waals surface area contributed by atoms with Crippen molar-refractivity contribution in [1.29, 1.82) is 0 Å². The molecule has 0 radical (unpaired) electrons. The predicted molar refractivity (Wildman–Crippen MR) is 98.6 cm³/mol. The van der Waals surface area contributed by atoms with Crippen LogP contribution in [0.4, 0.5) is 0 Å². The molecule has 1 amide bonds. The largest absolute Gasteiger partial charge is 0.335 e. The molecular weight excluding hydrogens is 326 g/mol. The van der Waals surface area contributed by atoms with Gasteiger partial charge in [-0.15, -0.1) is 0 Å². The molecule has 6 heteroatoms. The van der Waals surface area contributed by atoms with E-state index in [1.807, 2.05) is 35.4 Å². The van der Waals surface area contributed by atoms with Gasteiger partial charge in [-0.3, -0.25) is 14.8 Å². The van der Waals surface area contributed by atoms with Crippen molar-refractivity contribution in [1.82, 2.24) is 24.4 Å². The van der Waals surface area contributed by atoms with Crippen molar-refractivity contribution < 1.29 is 4.79 Å². The van der Waals surface area contributed by atoms with Crippen LogP contribution in [-0.4, -0.2) is 43.4 Å². The molecule has 1 unspecified atom stereocenters. The van der Waals surface area contributed by atoms with Crippen molar-refractivity contribution in [2.45, 2.75) is 25.8 Å². The van der Waals surface area contributed by atoms with Gasteiger partial charge in [0.25, 0.3) is 5.91 Å². The molecule has 1 aliphatic rings. The second-order valence-corrected chi connectivity index (χ2v) is 6.59. The van der Waals surface area contributed by atoms with Gasteiger partial charge in [0.05, 0.1) is 6.04 Å². The zero-order chi connectivity index (χ0) is 17.9. The van der Waals surface area contributed by atoms with Gasteiger partial charge in [0.15, 0.2) is 0 Å². The van der Waals surface area contributed by atoms with Crippen LogP contribution in [0.1, 0.15) is 35.1 Å². The lowest BCUT2D eigenvalue weighted by atomic mass is 10.0. The number of rotatable bonds is 3. The highest BCUT2D eigenvalue weighted by Gasteiger charge is 2.28. The molecule has 4 rings (SSSR count). The molecule has 3 aromatic heterocycles. The van der Waals surface area contributed by atoms with Crippen molar-refractivity contribution in [2.24, 2.45) is 0 Å². The number of aromatic nitrogens is 4. The topological polar surface area (TPSA) is 63.9 Å². The molecule has 1 aliphatic heterocycles. The normalized spacial score (nSPS) is 17.3. The Balaban J connectivity index is 1.61. The van der Waals surface area contributed by atoms with E-state index in [2.05, 4.69) is 26.4 Å². The van der Waals surface area contributed by atoms with E-state index in [0.29, 0.717) is 12.2 Å². The molecule has 0 aromatic carbocycles. The van der Waals surface area contributed by atoms with Gasteiger partial charge >= 0.3 is 0 Å². The van der Waals surface area contributed by atoms with Crippen LogP contribution in [0.15, 0.2) is 55.1 Å². The summed E-state index contributed by atoms with van der Waals surface area (Å²) in [5.41, 5.74) is 2.65. The third-order valence-electron chi connectivity index (χ3n) is 4.85. The number of nitrogens with zero attached hydrogens (tertiary/aromatic N) is 5. The van der Waals surface area contributed by atoms with E-state index in [9.17, 15) is 4.79 Å². The van der Waals surface area contributed by atoms with Crippen molar-refractivity contribution in [3.63, 3.8) is 0 Å². The van der Waals surface area contributed by atoms with E-state index in [4.69, 9.17) is 0 Å². The van der Waals surface area contributed by atoms with E-state index in [1.54, 1.807) is 24.7 Å². The Morgan fingerprint density at radius 3 is 2.73 bits per heavy atom. The van der Waals surface area contributed by atoms with Gasteiger partial charge in [-0.25, -0.2) is 4.98 Å². The molecule has 26 heavy (non-hydrogen) atoms. The molecule has 0 aliphatic carbocycles. The average molecular weight is 347 g/mol. The van der Waals surface area contributed by atoms with Crippen LogP contribution < -0.4 is 0 Å². The summed E-state index contributed by atoms with van der Waals surface area (Å²) in [6.45, 7) is 3.51. The number of carbonyl (C=O) groups excluding carboxylic acids is 1. The first-order chi connectivity index (χ1) is 12.7. The first-order valence-electron chi connectivity index (χ1n) is 8.88. The number of pyridine rings is 2. The molecule has 1 fully saturated rings. The number of carbonyl (C=O) groups is 1. The Labute approximate surface area is 152 Å². The fourth-order valence-corrected chi connectivity index (χ4v) is 3.62. The first-order valence-corrected chi connectivity index (χ1v) is 8.88. The Bertz CT molecular complexity index is 891. The fraction of sp³-hybridized carbons (Fsp3) is 0.300. The van der Waals surface area contributed by atoms with Crippen LogP contribution in [0.5, 0.6) is 0 Å². The maximum absolute atomic E-state index is 12.8. The third-order valence-corrected chi connectivity index (χ3v) is 4.85. The van der Waals surface area contributed by atoms with Crippen LogP contribution in [0.25, 0.3) is 11.4 Å². The number of likely N-dealkylation sites (tertiary alicyclic amines) is 1. The molecule has 4 heterocycles. The van der Waals surface area contributed by atoms with Crippen LogP contribution in [0.2, 0.25) is 0 Å². The standard InChI is InChI=1S/C20H21N5O/c1-15-13-23-19(16-7-10-21-11-8-16)25(15)17-5-4-12-24(14-17)20(26)18-6-2-3-9-22-18/h2-3,6-11,13,17H,4-5,12,14H2,1H3. The number of piperidine rings is 1. The van der Waals surface area contributed by atoms with Gasteiger partial charge in [0.1, 0.15) is 11.5 Å². The minimum absolute atomic E-state index is 0.00136.